The van der Waals surface area contributed by atoms with Gasteiger partial charge < -0.3 is 30.5 Å². The van der Waals surface area contributed by atoms with Gasteiger partial charge in [0.15, 0.2) is 5.12 Å². The standard InChI is InChI=1S/C38H52N4O7S2/c1-9-23(2)32(42-37(47)49-38(4,5)6)34(45)40-29(26-15-17-28(48-7)18-16-26)21-31(43)35-41-30(22-51-35)33(44)39-27(19-24(3)36(46)50-8)20-25-13-11-10-12-14-25/h10-18,22-24,27,29,31-32,43H,9,19-21H2,1-8H3,(H,39,44)(H,40,45)(H,42,47)/t23-,24-,27+,29+,31+,32-/m0/s1. The first-order valence-electron chi connectivity index (χ1n) is 17.1. The normalized spacial score (nSPS) is 15.0. The molecule has 6 atom stereocenters. The van der Waals surface area contributed by atoms with E-state index in [1.165, 1.54) is 11.8 Å². The monoisotopic (exact) mass is 740 g/mol. The average Bonchev–Trinajstić information content (AvgIpc) is 3.60. The van der Waals surface area contributed by atoms with E-state index in [1.54, 1.807) is 63.8 Å². The van der Waals surface area contributed by atoms with Gasteiger partial charge in [0.1, 0.15) is 34.2 Å². The average molecular weight is 741 g/mol. The van der Waals surface area contributed by atoms with Crippen molar-refractivity contribution in [3.63, 3.8) is 0 Å². The summed E-state index contributed by atoms with van der Waals surface area (Å²) in [6, 6.07) is 15.0. The summed E-state index contributed by atoms with van der Waals surface area (Å²) in [4.78, 5) is 56.7. The summed E-state index contributed by atoms with van der Waals surface area (Å²) in [7, 11) is 1.56. The van der Waals surface area contributed by atoms with Crippen LogP contribution in [0.25, 0.3) is 0 Å². The molecule has 13 heteroatoms. The number of carbonyl (C=O) groups excluding carboxylic acids is 4. The number of ether oxygens (including phenoxy) is 2. The van der Waals surface area contributed by atoms with Crippen LogP contribution in [0.5, 0.6) is 5.75 Å². The Morgan fingerprint density at radius 1 is 0.961 bits per heavy atom. The molecule has 0 unspecified atom stereocenters. The molecule has 3 amide bonds. The Morgan fingerprint density at radius 2 is 1.63 bits per heavy atom. The van der Waals surface area contributed by atoms with E-state index >= 15 is 0 Å². The quantitative estimate of drug-likeness (QED) is 0.119. The number of hydrogen-bond donors (Lipinski definition) is 4. The van der Waals surface area contributed by atoms with Crippen LogP contribution in [0.2, 0.25) is 0 Å². The molecular formula is C38H52N4O7S2. The van der Waals surface area contributed by atoms with Gasteiger partial charge in [0.2, 0.25) is 5.91 Å². The Hall–Kier alpha value is -3.94. The van der Waals surface area contributed by atoms with E-state index in [-0.39, 0.29) is 35.1 Å². The maximum absolute atomic E-state index is 13.8. The molecule has 3 aromatic rings. The molecule has 0 saturated heterocycles. The largest absolute Gasteiger partial charge is 0.497 e. The maximum Gasteiger partial charge on any atom is 0.408 e. The number of hydrogen-bond acceptors (Lipinski definition) is 10. The second kappa shape index (κ2) is 19.6. The Morgan fingerprint density at radius 3 is 2.22 bits per heavy atom. The highest BCUT2D eigenvalue weighted by atomic mass is 32.2. The molecule has 11 nitrogen and oxygen atoms in total. The molecule has 0 radical (unpaired) electrons. The third kappa shape index (κ3) is 13.3. The molecule has 278 valence electrons. The van der Waals surface area contributed by atoms with E-state index in [2.05, 4.69) is 20.9 Å². The Balaban J connectivity index is 1.80. The van der Waals surface area contributed by atoms with Gasteiger partial charge in [0.25, 0.3) is 5.91 Å². The summed E-state index contributed by atoms with van der Waals surface area (Å²) in [5, 5.41) is 22.2. The molecular weight excluding hydrogens is 689 g/mol. The summed E-state index contributed by atoms with van der Waals surface area (Å²) in [5.74, 6) is -0.681. The molecule has 2 aromatic carbocycles. The van der Waals surface area contributed by atoms with Crippen molar-refractivity contribution in [2.45, 2.75) is 97.1 Å². The van der Waals surface area contributed by atoms with Crippen molar-refractivity contribution < 1.29 is 33.8 Å². The van der Waals surface area contributed by atoms with E-state index in [9.17, 15) is 24.3 Å². The smallest absolute Gasteiger partial charge is 0.408 e. The zero-order valence-electron chi connectivity index (χ0n) is 30.7. The third-order valence-electron chi connectivity index (χ3n) is 8.40. The van der Waals surface area contributed by atoms with E-state index in [4.69, 9.17) is 9.47 Å². The first kappa shape index (κ1) is 41.5. The van der Waals surface area contributed by atoms with Crippen LogP contribution in [0, 0.1) is 11.8 Å². The van der Waals surface area contributed by atoms with Crippen molar-refractivity contribution in [3.8, 4) is 5.75 Å². The number of rotatable bonds is 17. The van der Waals surface area contributed by atoms with E-state index < -0.39 is 41.7 Å². The van der Waals surface area contributed by atoms with Crippen molar-refractivity contribution in [2.24, 2.45) is 11.8 Å². The predicted octanol–water partition coefficient (Wildman–Crippen LogP) is 6.63. The number of nitrogens with one attached hydrogen (secondary N) is 3. The molecule has 0 spiro atoms. The lowest BCUT2D eigenvalue weighted by atomic mass is 9.96. The van der Waals surface area contributed by atoms with Crippen LogP contribution in [0.4, 0.5) is 4.79 Å². The van der Waals surface area contributed by atoms with Crippen molar-refractivity contribution in [1.29, 1.82) is 0 Å². The Kier molecular flexibility index (Phi) is 15.9. The number of amides is 3. The van der Waals surface area contributed by atoms with Crippen molar-refractivity contribution >= 4 is 46.1 Å². The van der Waals surface area contributed by atoms with Gasteiger partial charge in [-0.2, -0.15) is 0 Å². The number of aliphatic hydroxyl groups is 1. The first-order chi connectivity index (χ1) is 24.1. The minimum Gasteiger partial charge on any atom is -0.497 e. The minimum absolute atomic E-state index is 0.0389. The molecule has 1 aromatic heterocycles. The van der Waals surface area contributed by atoms with E-state index in [0.717, 1.165) is 16.9 Å². The predicted molar refractivity (Wildman–Crippen MR) is 202 cm³/mol. The molecule has 0 fully saturated rings. The number of aromatic nitrogens is 1. The number of carbonyl (C=O) groups is 4. The molecule has 51 heavy (non-hydrogen) atoms. The molecule has 0 bridgehead atoms. The zero-order valence-corrected chi connectivity index (χ0v) is 32.4. The van der Waals surface area contributed by atoms with E-state index in [1.807, 2.05) is 51.1 Å². The van der Waals surface area contributed by atoms with Gasteiger partial charge in [0, 0.05) is 23.8 Å². The summed E-state index contributed by atoms with van der Waals surface area (Å²) < 4.78 is 10.7. The lowest BCUT2D eigenvalue weighted by molar-refractivity contribution is -0.125. The highest BCUT2D eigenvalue weighted by Crippen LogP contribution is 2.30. The van der Waals surface area contributed by atoms with Gasteiger partial charge in [-0.25, -0.2) is 9.78 Å². The highest BCUT2D eigenvalue weighted by Gasteiger charge is 2.31. The summed E-state index contributed by atoms with van der Waals surface area (Å²) in [6.07, 6.45) is 1.58. The number of aliphatic hydroxyl groups excluding tert-OH is 1. The number of thioether (sulfide) groups is 1. The van der Waals surface area contributed by atoms with Gasteiger partial charge in [-0.1, -0.05) is 81.4 Å². The number of alkyl carbamates (subject to hydrolysis) is 1. The number of methoxy groups -OCH3 is 1. The van der Waals surface area contributed by atoms with Gasteiger partial charge in [-0.3, -0.25) is 14.4 Å². The van der Waals surface area contributed by atoms with Gasteiger partial charge in [-0.15, -0.1) is 11.3 Å². The van der Waals surface area contributed by atoms with Gasteiger partial charge in [0.05, 0.1) is 13.2 Å². The SMILES string of the molecule is CC[C@H](C)[C@H](NC(=O)OC(C)(C)C)C(=O)N[C@H](C[C@@H](O)c1nc(C(=O)N[C@@H](Cc2ccccc2)C[C@H](C)C(=O)SC)cs1)c1ccc(OC)cc1. The fourth-order valence-corrected chi connectivity index (χ4v) is 6.75. The Labute approximate surface area is 309 Å². The number of nitrogens with zero attached hydrogens (tertiary/aromatic N) is 1. The molecule has 0 aliphatic heterocycles. The van der Waals surface area contributed by atoms with Crippen LogP contribution in [0.1, 0.15) is 99.6 Å². The van der Waals surface area contributed by atoms with E-state index in [0.29, 0.717) is 35.6 Å². The second-order valence-electron chi connectivity index (χ2n) is 13.7. The van der Waals surface area contributed by atoms with Crippen LogP contribution in [0.15, 0.2) is 60.0 Å². The number of thiazole rings is 1. The lowest BCUT2D eigenvalue weighted by Gasteiger charge is -2.29. The second-order valence-corrected chi connectivity index (χ2v) is 15.4. The van der Waals surface area contributed by atoms with Crippen molar-refractivity contribution in [1.82, 2.24) is 20.9 Å². The van der Waals surface area contributed by atoms with Crippen LogP contribution < -0.4 is 20.7 Å². The molecule has 0 aliphatic carbocycles. The third-order valence-corrected chi connectivity index (χ3v) is 10.2. The fraction of sp³-hybridized carbons (Fsp3) is 0.500. The van der Waals surface area contributed by atoms with Crippen molar-refractivity contribution in [3.05, 3.63) is 81.8 Å². The molecule has 1 heterocycles. The Bertz CT molecular complexity index is 1580. The molecule has 0 aliphatic rings. The zero-order chi connectivity index (χ0) is 37.7. The van der Waals surface area contributed by atoms with Crippen LogP contribution in [-0.4, -0.2) is 64.2 Å². The van der Waals surface area contributed by atoms with Gasteiger partial charge in [-0.05, 0) is 69.0 Å². The summed E-state index contributed by atoms with van der Waals surface area (Å²) >= 11 is 2.32. The molecule has 3 rings (SSSR count). The van der Waals surface area contributed by atoms with Gasteiger partial charge >= 0.3 is 6.09 Å². The topological polar surface area (TPSA) is 156 Å². The van der Waals surface area contributed by atoms with Crippen molar-refractivity contribution in [2.75, 3.05) is 13.4 Å². The van der Waals surface area contributed by atoms with Crippen LogP contribution in [0.3, 0.4) is 0 Å². The summed E-state index contributed by atoms with van der Waals surface area (Å²) in [6.45, 7) is 10.9. The first-order valence-corrected chi connectivity index (χ1v) is 19.2. The fourth-order valence-electron chi connectivity index (χ4n) is 5.46. The summed E-state index contributed by atoms with van der Waals surface area (Å²) in [5.41, 5.74) is 1.15. The van der Waals surface area contributed by atoms with Crippen LogP contribution in [-0.2, 0) is 20.7 Å². The van der Waals surface area contributed by atoms with Crippen LogP contribution >= 0.6 is 23.1 Å². The lowest BCUT2D eigenvalue weighted by Crippen LogP contribution is -2.52. The maximum atomic E-state index is 13.8. The number of benzene rings is 2. The minimum atomic E-state index is -1.14. The molecule has 4 N–H and O–H groups in total. The highest BCUT2D eigenvalue weighted by molar-refractivity contribution is 8.13. The molecule has 0 saturated carbocycles.